The van der Waals surface area contributed by atoms with Crippen molar-refractivity contribution >= 4 is 11.8 Å². The molecule has 3 aromatic rings. The van der Waals surface area contributed by atoms with E-state index in [1.165, 1.54) is 12.1 Å². The van der Waals surface area contributed by atoms with E-state index in [1.54, 1.807) is 52.5 Å². The molecule has 8 nitrogen and oxygen atoms in total. The van der Waals surface area contributed by atoms with E-state index in [0.717, 1.165) is 5.69 Å². The Balaban J connectivity index is 1.53. The lowest BCUT2D eigenvalue weighted by atomic mass is 10.1. The van der Waals surface area contributed by atoms with Crippen molar-refractivity contribution in [3.05, 3.63) is 72.2 Å². The van der Waals surface area contributed by atoms with E-state index in [4.69, 9.17) is 4.42 Å². The normalized spacial score (nSPS) is 16.0. The first-order valence-corrected chi connectivity index (χ1v) is 8.51. The van der Waals surface area contributed by atoms with Gasteiger partial charge < -0.3 is 24.3 Å². The third-order valence-electron chi connectivity index (χ3n) is 4.53. The van der Waals surface area contributed by atoms with E-state index in [0.29, 0.717) is 17.9 Å². The highest BCUT2D eigenvalue weighted by Gasteiger charge is 2.32. The molecule has 8 heteroatoms. The highest BCUT2D eigenvalue weighted by atomic mass is 16.3. The summed E-state index contributed by atoms with van der Waals surface area (Å²) in [4.78, 5) is 31.3. The number of hydrogen-bond donors (Lipinski definition) is 2. The summed E-state index contributed by atoms with van der Waals surface area (Å²) in [6, 6.07) is 9.12. The van der Waals surface area contributed by atoms with Gasteiger partial charge in [0, 0.05) is 11.8 Å². The molecule has 0 saturated heterocycles. The van der Waals surface area contributed by atoms with E-state index in [1.807, 2.05) is 0 Å². The molecule has 0 bridgehead atoms. The van der Waals surface area contributed by atoms with Crippen LogP contribution in [-0.4, -0.2) is 37.9 Å². The van der Waals surface area contributed by atoms with Gasteiger partial charge in [-0.2, -0.15) is 0 Å². The van der Waals surface area contributed by atoms with Crippen molar-refractivity contribution < 1.29 is 19.1 Å². The molecular weight excluding hydrogens is 348 g/mol. The van der Waals surface area contributed by atoms with Crippen molar-refractivity contribution in [1.29, 1.82) is 0 Å². The summed E-state index contributed by atoms with van der Waals surface area (Å²) < 4.78 is 7.01. The molecule has 1 aliphatic heterocycles. The van der Waals surface area contributed by atoms with Crippen molar-refractivity contribution in [1.82, 2.24) is 19.8 Å². The van der Waals surface area contributed by atoms with E-state index >= 15 is 0 Å². The van der Waals surface area contributed by atoms with Crippen LogP contribution in [0.1, 0.15) is 27.9 Å². The lowest BCUT2D eigenvalue weighted by Gasteiger charge is -2.33. The van der Waals surface area contributed by atoms with Crippen LogP contribution in [0.3, 0.4) is 0 Å². The Morgan fingerprint density at radius 3 is 2.96 bits per heavy atom. The molecule has 0 saturated carbocycles. The van der Waals surface area contributed by atoms with Crippen LogP contribution in [-0.2, 0) is 17.9 Å². The molecule has 2 amide bonds. The number of aromatic hydroxyl groups is 1. The Labute approximate surface area is 155 Å². The van der Waals surface area contributed by atoms with Gasteiger partial charge >= 0.3 is 0 Å². The molecule has 1 atom stereocenters. The number of phenolic OH excluding ortho intramolecular Hbond substituents is 1. The lowest BCUT2D eigenvalue weighted by Crippen LogP contribution is -2.46. The van der Waals surface area contributed by atoms with Crippen LogP contribution >= 0.6 is 0 Å². The SMILES string of the molecule is O=C(NCc1ccco1)[C@H]1CN(C(=O)c2cccc(O)c2)Cc2cncn21. The number of benzene rings is 1. The standard InChI is InChI=1S/C19H18N4O4/c24-15-4-1-3-13(7-15)19(26)22-10-14-8-20-12-23(14)17(11-22)18(25)21-9-16-5-2-6-27-16/h1-8,12,17,24H,9-11H2,(H,21,25)/t17-/m1/s1. The highest BCUT2D eigenvalue weighted by Crippen LogP contribution is 2.24. The van der Waals surface area contributed by atoms with E-state index in [-0.39, 0.29) is 30.7 Å². The first-order chi connectivity index (χ1) is 13.1. The summed E-state index contributed by atoms with van der Waals surface area (Å²) in [6.07, 6.45) is 4.79. The summed E-state index contributed by atoms with van der Waals surface area (Å²) in [5.41, 5.74) is 1.14. The molecule has 0 fully saturated rings. The summed E-state index contributed by atoms with van der Waals surface area (Å²) >= 11 is 0. The number of nitrogens with zero attached hydrogens (tertiary/aromatic N) is 3. The van der Waals surface area contributed by atoms with Crippen LogP contribution in [0, 0.1) is 0 Å². The first kappa shape index (κ1) is 16.9. The van der Waals surface area contributed by atoms with Gasteiger partial charge in [-0.1, -0.05) is 6.07 Å². The largest absolute Gasteiger partial charge is 0.508 e. The quantitative estimate of drug-likeness (QED) is 0.732. The molecular formula is C19H18N4O4. The molecule has 1 aromatic carbocycles. The number of furan rings is 1. The molecule has 138 valence electrons. The maximum absolute atomic E-state index is 12.8. The van der Waals surface area contributed by atoms with E-state index < -0.39 is 6.04 Å². The summed E-state index contributed by atoms with van der Waals surface area (Å²) in [6.45, 7) is 0.825. The minimum absolute atomic E-state index is 0.0237. The van der Waals surface area contributed by atoms with Gasteiger partial charge in [0.2, 0.25) is 5.91 Å². The number of carbonyl (C=O) groups is 2. The number of aromatic nitrogens is 2. The van der Waals surface area contributed by atoms with Gasteiger partial charge in [-0.25, -0.2) is 4.98 Å². The fraction of sp³-hybridized carbons (Fsp3) is 0.211. The number of carbonyl (C=O) groups excluding carboxylic acids is 2. The van der Waals surface area contributed by atoms with Crippen LogP contribution in [0.5, 0.6) is 5.75 Å². The molecule has 1 aliphatic rings. The van der Waals surface area contributed by atoms with Crippen molar-refractivity contribution in [2.45, 2.75) is 19.1 Å². The maximum atomic E-state index is 12.8. The Morgan fingerprint density at radius 2 is 2.19 bits per heavy atom. The van der Waals surface area contributed by atoms with Crippen LogP contribution in [0.2, 0.25) is 0 Å². The second-order valence-electron chi connectivity index (χ2n) is 6.34. The Kier molecular flexibility index (Phi) is 4.37. The predicted octanol–water partition coefficient (Wildman–Crippen LogP) is 1.70. The number of rotatable bonds is 4. The fourth-order valence-electron chi connectivity index (χ4n) is 3.18. The van der Waals surface area contributed by atoms with Crippen molar-refractivity contribution in [3.8, 4) is 5.75 Å². The number of fused-ring (bicyclic) bond motifs is 1. The second kappa shape index (κ2) is 6.99. The van der Waals surface area contributed by atoms with Gasteiger partial charge in [0.25, 0.3) is 5.91 Å². The lowest BCUT2D eigenvalue weighted by molar-refractivity contribution is -0.125. The van der Waals surface area contributed by atoms with Gasteiger partial charge in [0.15, 0.2) is 0 Å². The van der Waals surface area contributed by atoms with Gasteiger partial charge in [-0.15, -0.1) is 0 Å². The molecule has 4 rings (SSSR count). The first-order valence-electron chi connectivity index (χ1n) is 8.51. The average molecular weight is 366 g/mol. The fourth-order valence-corrected chi connectivity index (χ4v) is 3.18. The topological polar surface area (TPSA) is 101 Å². The van der Waals surface area contributed by atoms with Crippen LogP contribution in [0.25, 0.3) is 0 Å². The summed E-state index contributed by atoms with van der Waals surface area (Å²) in [5.74, 6) is 0.203. The zero-order valence-corrected chi connectivity index (χ0v) is 14.4. The van der Waals surface area contributed by atoms with Gasteiger partial charge in [-0.05, 0) is 30.3 Å². The second-order valence-corrected chi connectivity index (χ2v) is 6.34. The molecule has 27 heavy (non-hydrogen) atoms. The number of imidazole rings is 1. The number of phenols is 1. The van der Waals surface area contributed by atoms with Gasteiger partial charge in [0.1, 0.15) is 17.6 Å². The Hall–Kier alpha value is -3.55. The number of nitrogens with one attached hydrogen (secondary N) is 1. The molecule has 2 aromatic heterocycles. The molecule has 0 spiro atoms. The highest BCUT2D eigenvalue weighted by molar-refractivity contribution is 5.95. The van der Waals surface area contributed by atoms with Crippen molar-refractivity contribution in [2.24, 2.45) is 0 Å². The smallest absolute Gasteiger partial charge is 0.254 e. The average Bonchev–Trinajstić information content (AvgIpc) is 3.36. The molecule has 3 heterocycles. The number of amides is 2. The van der Waals surface area contributed by atoms with Crippen molar-refractivity contribution in [3.63, 3.8) is 0 Å². The van der Waals surface area contributed by atoms with E-state index in [9.17, 15) is 14.7 Å². The molecule has 2 N–H and O–H groups in total. The summed E-state index contributed by atoms with van der Waals surface area (Å²) in [5, 5.41) is 12.5. The third kappa shape index (κ3) is 3.41. The molecule has 0 radical (unpaired) electrons. The monoisotopic (exact) mass is 366 g/mol. The van der Waals surface area contributed by atoms with Crippen LogP contribution in [0.4, 0.5) is 0 Å². The van der Waals surface area contributed by atoms with Gasteiger partial charge in [0.05, 0.1) is 37.9 Å². The number of hydrogen-bond acceptors (Lipinski definition) is 5. The van der Waals surface area contributed by atoms with Crippen molar-refractivity contribution in [2.75, 3.05) is 6.54 Å². The minimum Gasteiger partial charge on any atom is -0.508 e. The Morgan fingerprint density at radius 1 is 1.30 bits per heavy atom. The molecule has 0 unspecified atom stereocenters. The molecule has 0 aliphatic carbocycles. The predicted molar refractivity (Wildman–Crippen MR) is 94.7 cm³/mol. The van der Waals surface area contributed by atoms with Gasteiger partial charge in [-0.3, -0.25) is 9.59 Å². The zero-order valence-electron chi connectivity index (χ0n) is 14.4. The van der Waals surface area contributed by atoms with Crippen LogP contribution < -0.4 is 5.32 Å². The Bertz CT molecular complexity index is 964. The van der Waals surface area contributed by atoms with Crippen LogP contribution in [0.15, 0.2) is 59.6 Å². The maximum Gasteiger partial charge on any atom is 0.254 e. The summed E-state index contributed by atoms with van der Waals surface area (Å²) in [7, 11) is 0. The zero-order chi connectivity index (χ0) is 18.8. The third-order valence-corrected chi connectivity index (χ3v) is 4.53. The van der Waals surface area contributed by atoms with E-state index in [2.05, 4.69) is 10.3 Å². The minimum atomic E-state index is -0.590.